The quantitative estimate of drug-likeness (QED) is 0.555. The first-order valence-corrected chi connectivity index (χ1v) is 5.00. The highest BCUT2D eigenvalue weighted by Gasteiger charge is 1.99. The Hall–Kier alpha value is -1.51. The van der Waals surface area contributed by atoms with Gasteiger partial charge in [-0.1, -0.05) is 6.07 Å². The molecule has 0 saturated heterocycles. The van der Waals surface area contributed by atoms with E-state index in [0.717, 1.165) is 5.56 Å². The number of hydrazone groups is 1. The lowest BCUT2D eigenvalue weighted by Gasteiger charge is -2.14. The zero-order valence-electron chi connectivity index (χ0n) is 10.2. The second-order valence-electron chi connectivity index (χ2n) is 4.03. The van der Waals surface area contributed by atoms with Crippen molar-refractivity contribution in [1.82, 2.24) is 5.01 Å². The van der Waals surface area contributed by atoms with Gasteiger partial charge in [0.15, 0.2) is 0 Å². The fourth-order valence-corrected chi connectivity index (χ4v) is 1.26. The van der Waals surface area contributed by atoms with E-state index in [1.807, 2.05) is 34.4 Å². The Morgan fingerprint density at radius 1 is 1.13 bits per heavy atom. The molecule has 0 aliphatic carbocycles. The van der Waals surface area contributed by atoms with Crippen LogP contribution in [-0.2, 0) is 0 Å². The molecule has 1 aromatic rings. The van der Waals surface area contributed by atoms with Gasteiger partial charge >= 0.3 is 0 Å². The van der Waals surface area contributed by atoms with Crippen molar-refractivity contribution in [2.75, 3.05) is 33.1 Å². The molecule has 3 heteroatoms. The van der Waals surface area contributed by atoms with Crippen molar-refractivity contribution in [3.05, 3.63) is 29.3 Å². The summed E-state index contributed by atoms with van der Waals surface area (Å²) in [4.78, 5) is 2.10. The van der Waals surface area contributed by atoms with Crippen molar-refractivity contribution in [3.63, 3.8) is 0 Å². The van der Waals surface area contributed by atoms with Crippen LogP contribution in [0.2, 0.25) is 0 Å². The minimum Gasteiger partial charge on any atom is -0.378 e. The Morgan fingerprint density at radius 3 is 2.27 bits per heavy atom. The molecule has 0 radical (unpaired) electrons. The average molecular weight is 205 g/mol. The lowest BCUT2D eigenvalue weighted by Crippen LogP contribution is -2.09. The molecule has 0 atom stereocenters. The lowest BCUT2D eigenvalue weighted by atomic mass is 10.1. The van der Waals surface area contributed by atoms with Crippen LogP contribution in [0.15, 0.2) is 23.3 Å². The molecule has 0 fully saturated rings. The molecule has 0 saturated carbocycles. The van der Waals surface area contributed by atoms with E-state index < -0.39 is 0 Å². The second kappa shape index (κ2) is 4.82. The molecule has 0 heterocycles. The summed E-state index contributed by atoms with van der Waals surface area (Å²) in [6.45, 7) is 2.10. The number of nitrogens with zero attached hydrogens (tertiary/aromatic N) is 3. The summed E-state index contributed by atoms with van der Waals surface area (Å²) in [6.07, 6.45) is 1.88. The van der Waals surface area contributed by atoms with Crippen LogP contribution in [0, 0.1) is 6.92 Å². The third-order valence-electron chi connectivity index (χ3n) is 2.20. The minimum atomic E-state index is 1.16. The van der Waals surface area contributed by atoms with Crippen LogP contribution in [0.1, 0.15) is 11.1 Å². The van der Waals surface area contributed by atoms with Gasteiger partial charge in [-0.3, -0.25) is 0 Å². The van der Waals surface area contributed by atoms with Crippen LogP contribution in [0.5, 0.6) is 0 Å². The average Bonchev–Trinajstić information content (AvgIpc) is 2.15. The highest BCUT2D eigenvalue weighted by atomic mass is 15.4. The zero-order valence-corrected chi connectivity index (χ0v) is 10.2. The maximum atomic E-state index is 4.22. The van der Waals surface area contributed by atoms with E-state index in [2.05, 4.69) is 35.1 Å². The number of benzene rings is 1. The fourth-order valence-electron chi connectivity index (χ4n) is 1.26. The largest absolute Gasteiger partial charge is 0.378 e. The van der Waals surface area contributed by atoms with Gasteiger partial charge in [0.1, 0.15) is 0 Å². The number of aryl methyl sites for hydroxylation is 1. The van der Waals surface area contributed by atoms with Gasteiger partial charge < -0.3 is 9.91 Å². The summed E-state index contributed by atoms with van der Waals surface area (Å²) in [5.74, 6) is 0. The first-order chi connectivity index (χ1) is 7.00. The first kappa shape index (κ1) is 11.6. The SMILES string of the molecule is Cc1cc(N(C)C)ccc1C=NN(C)C. The third kappa shape index (κ3) is 3.27. The normalized spacial score (nSPS) is 10.7. The molecule has 0 N–H and O–H groups in total. The van der Waals surface area contributed by atoms with Crippen molar-refractivity contribution in [3.8, 4) is 0 Å². The van der Waals surface area contributed by atoms with Crippen molar-refractivity contribution >= 4 is 11.9 Å². The summed E-state index contributed by atoms with van der Waals surface area (Å²) < 4.78 is 0. The monoisotopic (exact) mass is 205 g/mol. The van der Waals surface area contributed by atoms with Crippen LogP contribution in [-0.4, -0.2) is 39.4 Å². The molecule has 0 aliphatic rings. The maximum Gasteiger partial charge on any atom is 0.0545 e. The summed E-state index contributed by atoms with van der Waals surface area (Å²) in [6, 6.07) is 6.36. The van der Waals surface area contributed by atoms with Crippen molar-refractivity contribution in [2.45, 2.75) is 6.92 Å². The van der Waals surface area contributed by atoms with E-state index in [-0.39, 0.29) is 0 Å². The first-order valence-electron chi connectivity index (χ1n) is 5.00. The summed E-state index contributed by atoms with van der Waals surface area (Å²) in [5.41, 5.74) is 3.62. The van der Waals surface area contributed by atoms with E-state index in [9.17, 15) is 0 Å². The van der Waals surface area contributed by atoms with Crippen molar-refractivity contribution in [2.24, 2.45) is 5.10 Å². The van der Waals surface area contributed by atoms with Gasteiger partial charge in [-0.2, -0.15) is 5.10 Å². The number of hydrogen-bond donors (Lipinski definition) is 0. The van der Waals surface area contributed by atoms with E-state index in [1.54, 1.807) is 5.01 Å². The van der Waals surface area contributed by atoms with Gasteiger partial charge in [-0.15, -0.1) is 0 Å². The molecule has 0 unspecified atom stereocenters. The highest BCUT2D eigenvalue weighted by molar-refractivity contribution is 5.82. The summed E-state index contributed by atoms with van der Waals surface area (Å²) in [7, 11) is 7.92. The molecule has 0 amide bonds. The molecule has 0 bridgehead atoms. The van der Waals surface area contributed by atoms with Crippen molar-refractivity contribution < 1.29 is 0 Å². The molecule has 1 rings (SSSR count). The van der Waals surface area contributed by atoms with Crippen LogP contribution < -0.4 is 4.90 Å². The molecule has 0 aromatic heterocycles. The van der Waals surface area contributed by atoms with Crippen LogP contribution in [0.4, 0.5) is 5.69 Å². The third-order valence-corrected chi connectivity index (χ3v) is 2.20. The minimum absolute atomic E-state index is 1.16. The summed E-state index contributed by atoms with van der Waals surface area (Å²) >= 11 is 0. The Labute approximate surface area is 92.0 Å². The molecule has 0 aliphatic heterocycles. The van der Waals surface area contributed by atoms with E-state index in [1.165, 1.54) is 11.3 Å². The van der Waals surface area contributed by atoms with Gasteiger partial charge in [-0.25, -0.2) is 0 Å². The standard InChI is InChI=1S/C12H19N3/c1-10-8-12(14(2)3)7-6-11(10)9-13-15(4)5/h6-9H,1-5H3. The number of rotatable bonds is 3. The van der Waals surface area contributed by atoms with Gasteiger partial charge in [0.05, 0.1) is 6.21 Å². The Kier molecular flexibility index (Phi) is 3.72. The molecule has 3 nitrogen and oxygen atoms in total. The molecular formula is C12H19N3. The van der Waals surface area contributed by atoms with Crippen molar-refractivity contribution in [1.29, 1.82) is 0 Å². The Morgan fingerprint density at radius 2 is 1.80 bits per heavy atom. The van der Waals surface area contributed by atoms with Crippen LogP contribution in [0.3, 0.4) is 0 Å². The van der Waals surface area contributed by atoms with Gasteiger partial charge in [0, 0.05) is 33.9 Å². The predicted octanol–water partition coefficient (Wildman–Crippen LogP) is 1.96. The Bertz CT molecular complexity index is 354. The smallest absolute Gasteiger partial charge is 0.0545 e. The molecule has 1 aromatic carbocycles. The summed E-state index contributed by atoms with van der Waals surface area (Å²) in [5, 5.41) is 6.02. The van der Waals surface area contributed by atoms with Gasteiger partial charge in [0.2, 0.25) is 0 Å². The highest BCUT2D eigenvalue weighted by Crippen LogP contribution is 2.15. The second-order valence-corrected chi connectivity index (χ2v) is 4.03. The predicted molar refractivity (Wildman–Crippen MR) is 66.8 cm³/mol. The van der Waals surface area contributed by atoms with E-state index >= 15 is 0 Å². The lowest BCUT2D eigenvalue weighted by molar-refractivity contribution is 0.440. The van der Waals surface area contributed by atoms with Crippen LogP contribution >= 0.6 is 0 Å². The Balaban J connectivity index is 2.93. The zero-order chi connectivity index (χ0) is 11.4. The fraction of sp³-hybridized carbons (Fsp3) is 0.417. The van der Waals surface area contributed by atoms with E-state index in [0.29, 0.717) is 0 Å². The maximum absolute atomic E-state index is 4.22. The molecule has 82 valence electrons. The molecule has 0 spiro atoms. The topological polar surface area (TPSA) is 18.8 Å². The van der Waals surface area contributed by atoms with Gasteiger partial charge in [0.25, 0.3) is 0 Å². The van der Waals surface area contributed by atoms with E-state index in [4.69, 9.17) is 0 Å². The molecule has 15 heavy (non-hydrogen) atoms. The van der Waals surface area contributed by atoms with Gasteiger partial charge in [-0.05, 0) is 30.2 Å². The van der Waals surface area contributed by atoms with Crippen LogP contribution in [0.25, 0.3) is 0 Å². The number of anilines is 1. The number of hydrogen-bond acceptors (Lipinski definition) is 3. The molecular weight excluding hydrogens is 186 g/mol.